The maximum absolute atomic E-state index is 6.85. The minimum absolute atomic E-state index is 0.227. The lowest BCUT2D eigenvalue weighted by atomic mass is 9.80. The molecule has 2 heteroatoms. The molecule has 3 rings (SSSR count). The number of nitrogens with zero attached hydrogens (tertiary/aromatic N) is 1. The Labute approximate surface area is 129 Å². The summed E-state index contributed by atoms with van der Waals surface area (Å²) in [5.41, 5.74) is 8.56. The van der Waals surface area contributed by atoms with Crippen LogP contribution in [0.5, 0.6) is 0 Å². The molecule has 0 radical (unpaired) electrons. The average molecular weight is 286 g/mol. The predicted molar refractivity (Wildman–Crippen MR) is 89.4 cm³/mol. The summed E-state index contributed by atoms with van der Waals surface area (Å²) < 4.78 is 0. The number of hydrogen-bond donors (Lipinski definition) is 1. The Morgan fingerprint density at radius 3 is 2.33 bits per heavy atom. The monoisotopic (exact) mass is 286 g/mol. The number of likely N-dealkylation sites (tertiary alicyclic amines) is 1. The number of benzene rings is 1. The first-order chi connectivity index (χ1) is 10.2. The molecule has 3 unspecified atom stereocenters. The Morgan fingerprint density at radius 2 is 1.76 bits per heavy atom. The fraction of sp³-hybridized carbons (Fsp3) is 0.684. The zero-order valence-corrected chi connectivity index (χ0v) is 13.6. The molecule has 0 bridgehead atoms. The number of hydrogen-bond acceptors (Lipinski definition) is 2. The number of rotatable bonds is 6. The fourth-order valence-electron chi connectivity index (χ4n) is 4.64. The van der Waals surface area contributed by atoms with Crippen LogP contribution in [0.15, 0.2) is 30.3 Å². The largest absolute Gasteiger partial charge is 0.326 e. The molecule has 1 aliphatic heterocycles. The minimum Gasteiger partial charge on any atom is -0.326 e. The van der Waals surface area contributed by atoms with Gasteiger partial charge in [-0.1, -0.05) is 44.2 Å². The van der Waals surface area contributed by atoms with Gasteiger partial charge in [0.05, 0.1) is 0 Å². The van der Waals surface area contributed by atoms with E-state index < -0.39 is 0 Å². The van der Waals surface area contributed by atoms with Crippen molar-refractivity contribution in [1.29, 1.82) is 0 Å². The first kappa shape index (κ1) is 15.1. The van der Waals surface area contributed by atoms with E-state index in [9.17, 15) is 0 Å². The third-order valence-electron chi connectivity index (χ3n) is 6.11. The van der Waals surface area contributed by atoms with E-state index in [2.05, 4.69) is 49.1 Å². The molecule has 1 aromatic carbocycles. The van der Waals surface area contributed by atoms with Crippen LogP contribution in [0.2, 0.25) is 0 Å². The molecule has 2 N–H and O–H groups in total. The molecule has 21 heavy (non-hydrogen) atoms. The van der Waals surface area contributed by atoms with E-state index in [-0.39, 0.29) is 5.54 Å². The fourth-order valence-corrected chi connectivity index (χ4v) is 4.64. The quantitative estimate of drug-likeness (QED) is 0.862. The summed E-state index contributed by atoms with van der Waals surface area (Å²) in [6.07, 6.45) is 6.34. The Morgan fingerprint density at radius 1 is 1.14 bits per heavy atom. The molecule has 2 nitrogen and oxygen atoms in total. The smallest absolute Gasteiger partial charge is 0.0358 e. The van der Waals surface area contributed by atoms with Crippen molar-refractivity contribution in [3.05, 3.63) is 35.9 Å². The SMILES string of the molecule is CCC(CC)(C(N)C1CC1c1ccccc1)N1CCCC1. The highest BCUT2D eigenvalue weighted by molar-refractivity contribution is 5.28. The molecule has 2 fully saturated rings. The molecular formula is C19H30N2. The number of nitrogens with two attached hydrogens (primary N) is 1. The Hall–Kier alpha value is -0.860. The van der Waals surface area contributed by atoms with Crippen LogP contribution in [0.4, 0.5) is 0 Å². The van der Waals surface area contributed by atoms with Gasteiger partial charge in [-0.2, -0.15) is 0 Å². The maximum Gasteiger partial charge on any atom is 0.0358 e. The molecule has 2 aliphatic rings. The predicted octanol–water partition coefficient (Wildman–Crippen LogP) is 3.77. The van der Waals surface area contributed by atoms with Crippen molar-refractivity contribution in [2.75, 3.05) is 13.1 Å². The molecule has 0 amide bonds. The Bertz CT molecular complexity index is 446. The summed E-state index contributed by atoms with van der Waals surface area (Å²) in [5, 5.41) is 0. The van der Waals surface area contributed by atoms with Crippen LogP contribution in [-0.2, 0) is 0 Å². The van der Waals surface area contributed by atoms with Gasteiger partial charge in [0.2, 0.25) is 0 Å². The van der Waals surface area contributed by atoms with Crippen LogP contribution in [0.3, 0.4) is 0 Å². The first-order valence-electron chi connectivity index (χ1n) is 8.78. The van der Waals surface area contributed by atoms with Gasteiger partial charge >= 0.3 is 0 Å². The van der Waals surface area contributed by atoms with Gasteiger partial charge in [-0.05, 0) is 62.6 Å². The highest BCUT2D eigenvalue weighted by Crippen LogP contribution is 2.52. The average Bonchev–Trinajstić information content (AvgIpc) is 3.16. The van der Waals surface area contributed by atoms with Gasteiger partial charge in [-0.25, -0.2) is 0 Å². The molecule has 1 saturated heterocycles. The second kappa shape index (κ2) is 6.10. The van der Waals surface area contributed by atoms with Gasteiger partial charge in [0.1, 0.15) is 0 Å². The highest BCUT2D eigenvalue weighted by Gasteiger charge is 2.51. The van der Waals surface area contributed by atoms with Gasteiger partial charge < -0.3 is 5.73 Å². The summed E-state index contributed by atoms with van der Waals surface area (Å²) in [6, 6.07) is 11.3. The maximum atomic E-state index is 6.85. The second-order valence-electron chi connectivity index (χ2n) is 6.95. The van der Waals surface area contributed by atoms with Crippen molar-refractivity contribution in [2.45, 2.75) is 63.5 Å². The van der Waals surface area contributed by atoms with Crippen LogP contribution in [0.25, 0.3) is 0 Å². The van der Waals surface area contributed by atoms with Crippen LogP contribution in [0.1, 0.15) is 57.4 Å². The van der Waals surface area contributed by atoms with Gasteiger partial charge in [-0.15, -0.1) is 0 Å². The van der Waals surface area contributed by atoms with Crippen molar-refractivity contribution in [3.63, 3.8) is 0 Å². The van der Waals surface area contributed by atoms with Crippen molar-refractivity contribution in [1.82, 2.24) is 4.90 Å². The molecule has 1 heterocycles. The normalized spacial score (nSPS) is 27.8. The summed E-state index contributed by atoms with van der Waals surface area (Å²) in [7, 11) is 0. The molecule has 0 aromatic heterocycles. The lowest BCUT2D eigenvalue weighted by Crippen LogP contribution is -2.59. The van der Waals surface area contributed by atoms with E-state index in [1.807, 2.05) is 0 Å². The topological polar surface area (TPSA) is 29.3 Å². The molecule has 1 saturated carbocycles. The standard InChI is InChI=1S/C19H30N2/c1-3-19(4-2,21-12-8-9-13-21)18(20)17-14-16(17)15-10-6-5-7-11-15/h5-7,10-11,16-18H,3-4,8-9,12-14,20H2,1-2H3. The van der Waals surface area contributed by atoms with Crippen LogP contribution in [0, 0.1) is 5.92 Å². The van der Waals surface area contributed by atoms with Crippen LogP contribution < -0.4 is 5.73 Å². The van der Waals surface area contributed by atoms with Crippen molar-refractivity contribution < 1.29 is 0 Å². The first-order valence-corrected chi connectivity index (χ1v) is 8.78. The van der Waals surface area contributed by atoms with E-state index in [1.54, 1.807) is 0 Å². The van der Waals surface area contributed by atoms with Gasteiger partial charge in [0, 0.05) is 11.6 Å². The lowest BCUT2D eigenvalue weighted by molar-refractivity contribution is 0.0682. The molecular weight excluding hydrogens is 256 g/mol. The molecule has 0 spiro atoms. The second-order valence-corrected chi connectivity index (χ2v) is 6.95. The van der Waals surface area contributed by atoms with Crippen LogP contribution >= 0.6 is 0 Å². The third kappa shape index (κ3) is 2.64. The Kier molecular flexibility index (Phi) is 4.37. The van der Waals surface area contributed by atoms with Crippen molar-refractivity contribution >= 4 is 0 Å². The van der Waals surface area contributed by atoms with Crippen LogP contribution in [-0.4, -0.2) is 29.6 Å². The molecule has 116 valence electrons. The molecule has 1 aliphatic carbocycles. The highest BCUT2D eigenvalue weighted by atomic mass is 15.2. The van der Waals surface area contributed by atoms with Crippen molar-refractivity contribution in [3.8, 4) is 0 Å². The molecule has 1 aromatic rings. The van der Waals surface area contributed by atoms with E-state index >= 15 is 0 Å². The third-order valence-corrected chi connectivity index (χ3v) is 6.11. The minimum atomic E-state index is 0.227. The van der Waals surface area contributed by atoms with E-state index in [1.165, 1.54) is 50.8 Å². The van der Waals surface area contributed by atoms with E-state index in [0.717, 1.165) is 0 Å². The lowest BCUT2D eigenvalue weighted by Gasteiger charge is -2.46. The van der Waals surface area contributed by atoms with Gasteiger partial charge in [0.15, 0.2) is 0 Å². The van der Waals surface area contributed by atoms with E-state index in [0.29, 0.717) is 17.9 Å². The zero-order valence-electron chi connectivity index (χ0n) is 13.6. The van der Waals surface area contributed by atoms with E-state index in [4.69, 9.17) is 5.73 Å². The Balaban J connectivity index is 1.75. The summed E-state index contributed by atoms with van der Waals surface area (Å²) in [4.78, 5) is 2.71. The zero-order chi connectivity index (χ0) is 14.9. The van der Waals surface area contributed by atoms with Crippen molar-refractivity contribution in [2.24, 2.45) is 11.7 Å². The summed E-state index contributed by atoms with van der Waals surface area (Å²) in [6.45, 7) is 7.17. The summed E-state index contributed by atoms with van der Waals surface area (Å²) in [5.74, 6) is 1.37. The van der Waals surface area contributed by atoms with Gasteiger partial charge in [-0.3, -0.25) is 4.90 Å². The summed E-state index contributed by atoms with van der Waals surface area (Å²) >= 11 is 0. The van der Waals surface area contributed by atoms with Gasteiger partial charge in [0.25, 0.3) is 0 Å². The molecule has 3 atom stereocenters.